The molecule has 1 aromatic carbocycles. The van der Waals surface area contributed by atoms with Crippen molar-refractivity contribution in [3.63, 3.8) is 0 Å². The topological polar surface area (TPSA) is 38.8 Å². The van der Waals surface area contributed by atoms with Crippen LogP contribution >= 0.6 is 11.6 Å². The smallest absolute Gasteiger partial charge is 0.223 e. The number of nitrogens with zero attached hydrogens (tertiary/aromatic N) is 1. The molecule has 0 saturated carbocycles. The number of alkyl halides is 1. The summed E-state index contributed by atoms with van der Waals surface area (Å²) in [5.41, 5.74) is 1.07. The van der Waals surface area contributed by atoms with E-state index < -0.39 is 0 Å². The van der Waals surface area contributed by atoms with Crippen LogP contribution in [0.25, 0.3) is 0 Å². The number of carbonyl (C=O) groups excluding carboxylic acids is 1. The maximum absolute atomic E-state index is 12.3. The van der Waals surface area contributed by atoms with Gasteiger partial charge in [-0.25, -0.2) is 0 Å². The molecule has 1 aliphatic rings. The molecule has 1 amide bonds. The Kier molecular flexibility index (Phi) is 5.74. The first kappa shape index (κ1) is 16.0. The van der Waals surface area contributed by atoms with Crippen LogP contribution < -0.4 is 9.47 Å². The first-order valence-electron chi connectivity index (χ1n) is 7.26. The minimum Gasteiger partial charge on any atom is -0.493 e. The lowest BCUT2D eigenvalue weighted by Gasteiger charge is -2.23. The summed E-state index contributed by atoms with van der Waals surface area (Å²) in [6.45, 7) is 0.835. The Labute approximate surface area is 131 Å². The van der Waals surface area contributed by atoms with E-state index in [-0.39, 0.29) is 11.9 Å². The standard InChI is InChI=1S/C16H22ClNO3/c1-20-14-7-5-12(10-15(14)21-2)6-8-16(19)18-9-3-4-13(18)11-17/h5,7,10,13H,3-4,6,8-9,11H2,1-2H3/t13-/m0/s1. The number of carbonyl (C=O) groups is 1. The second-order valence-electron chi connectivity index (χ2n) is 5.23. The molecule has 1 saturated heterocycles. The van der Waals surface area contributed by atoms with Crippen LogP contribution in [0.15, 0.2) is 18.2 Å². The minimum atomic E-state index is 0.188. The van der Waals surface area contributed by atoms with E-state index in [1.54, 1.807) is 14.2 Å². The van der Waals surface area contributed by atoms with Crippen molar-refractivity contribution < 1.29 is 14.3 Å². The number of benzene rings is 1. The van der Waals surface area contributed by atoms with Crippen LogP contribution in [0.4, 0.5) is 0 Å². The molecule has 1 aromatic rings. The van der Waals surface area contributed by atoms with Crippen molar-refractivity contribution in [1.29, 1.82) is 0 Å². The zero-order valence-corrected chi connectivity index (χ0v) is 13.4. The zero-order chi connectivity index (χ0) is 15.2. The molecule has 2 rings (SSSR count). The predicted molar refractivity (Wildman–Crippen MR) is 83.3 cm³/mol. The maximum atomic E-state index is 12.3. The molecular formula is C16H22ClNO3. The van der Waals surface area contributed by atoms with Gasteiger partial charge < -0.3 is 14.4 Å². The van der Waals surface area contributed by atoms with Crippen molar-refractivity contribution in [2.45, 2.75) is 31.7 Å². The number of hydrogen-bond donors (Lipinski definition) is 0. The van der Waals surface area contributed by atoms with Crippen LogP contribution in [0.2, 0.25) is 0 Å². The van der Waals surface area contributed by atoms with E-state index in [4.69, 9.17) is 21.1 Å². The Morgan fingerprint density at radius 3 is 2.76 bits per heavy atom. The Morgan fingerprint density at radius 1 is 1.33 bits per heavy atom. The van der Waals surface area contributed by atoms with Crippen molar-refractivity contribution >= 4 is 17.5 Å². The number of methoxy groups -OCH3 is 2. The summed E-state index contributed by atoms with van der Waals surface area (Å²) in [5.74, 6) is 2.12. The fraction of sp³-hybridized carbons (Fsp3) is 0.562. The third-order valence-electron chi connectivity index (χ3n) is 3.95. The van der Waals surface area contributed by atoms with Gasteiger partial charge in [-0.15, -0.1) is 11.6 Å². The van der Waals surface area contributed by atoms with Crippen molar-refractivity contribution in [3.8, 4) is 11.5 Å². The highest BCUT2D eigenvalue weighted by Gasteiger charge is 2.27. The summed E-state index contributed by atoms with van der Waals surface area (Å²) in [6.07, 6.45) is 3.28. The molecule has 1 fully saturated rings. The first-order valence-corrected chi connectivity index (χ1v) is 7.79. The van der Waals surface area contributed by atoms with Crippen LogP contribution in [0.5, 0.6) is 11.5 Å². The van der Waals surface area contributed by atoms with Crippen molar-refractivity contribution in [2.75, 3.05) is 26.6 Å². The molecule has 0 unspecified atom stereocenters. The number of rotatable bonds is 6. The molecule has 5 heteroatoms. The molecule has 1 aliphatic heterocycles. The number of ether oxygens (including phenoxy) is 2. The van der Waals surface area contributed by atoms with Gasteiger partial charge in [0.2, 0.25) is 5.91 Å². The lowest BCUT2D eigenvalue weighted by atomic mass is 10.1. The Morgan fingerprint density at radius 2 is 2.10 bits per heavy atom. The zero-order valence-electron chi connectivity index (χ0n) is 12.6. The van der Waals surface area contributed by atoms with E-state index in [2.05, 4.69) is 0 Å². The van der Waals surface area contributed by atoms with E-state index >= 15 is 0 Å². The molecule has 116 valence electrons. The number of aryl methyl sites for hydroxylation is 1. The average molecular weight is 312 g/mol. The van der Waals surface area contributed by atoms with Gasteiger partial charge in [-0.05, 0) is 37.0 Å². The molecule has 0 aromatic heterocycles. The molecule has 4 nitrogen and oxygen atoms in total. The minimum absolute atomic E-state index is 0.188. The van der Waals surface area contributed by atoms with Crippen molar-refractivity contribution in [1.82, 2.24) is 4.90 Å². The van der Waals surface area contributed by atoms with Gasteiger partial charge in [-0.1, -0.05) is 6.07 Å². The molecule has 0 spiro atoms. The molecule has 0 N–H and O–H groups in total. The van der Waals surface area contributed by atoms with Crippen molar-refractivity contribution in [3.05, 3.63) is 23.8 Å². The van der Waals surface area contributed by atoms with Crippen LogP contribution in [-0.4, -0.2) is 43.5 Å². The lowest BCUT2D eigenvalue weighted by molar-refractivity contribution is -0.131. The molecule has 0 aliphatic carbocycles. The number of halogens is 1. The van der Waals surface area contributed by atoms with Gasteiger partial charge >= 0.3 is 0 Å². The Balaban J connectivity index is 1.95. The average Bonchev–Trinajstić information content (AvgIpc) is 3.00. The van der Waals surface area contributed by atoms with Gasteiger partial charge in [-0.2, -0.15) is 0 Å². The molecule has 0 radical (unpaired) electrons. The molecule has 1 atom stereocenters. The molecule has 0 bridgehead atoms. The predicted octanol–water partition coefficient (Wildman–Crippen LogP) is 2.87. The SMILES string of the molecule is COc1ccc(CCC(=O)N2CCC[C@H]2CCl)cc1OC. The van der Waals surface area contributed by atoms with Gasteiger partial charge in [0.25, 0.3) is 0 Å². The Bertz CT molecular complexity index is 492. The van der Waals surface area contributed by atoms with Crippen LogP contribution in [0.1, 0.15) is 24.8 Å². The number of hydrogen-bond acceptors (Lipinski definition) is 3. The van der Waals surface area contributed by atoms with Gasteiger partial charge in [0.05, 0.1) is 14.2 Å². The first-order chi connectivity index (χ1) is 10.2. The highest BCUT2D eigenvalue weighted by Crippen LogP contribution is 2.28. The van der Waals surface area contributed by atoms with Crippen LogP contribution in [0.3, 0.4) is 0 Å². The van der Waals surface area contributed by atoms with Crippen LogP contribution in [0, 0.1) is 0 Å². The van der Waals surface area contributed by atoms with Gasteiger partial charge in [-0.3, -0.25) is 4.79 Å². The summed E-state index contributed by atoms with van der Waals surface area (Å²) in [4.78, 5) is 14.2. The largest absolute Gasteiger partial charge is 0.493 e. The van der Waals surface area contributed by atoms with E-state index in [0.29, 0.717) is 30.2 Å². The van der Waals surface area contributed by atoms with E-state index in [1.807, 2.05) is 23.1 Å². The van der Waals surface area contributed by atoms with Gasteiger partial charge in [0.1, 0.15) is 0 Å². The van der Waals surface area contributed by atoms with Crippen LogP contribution in [-0.2, 0) is 11.2 Å². The lowest BCUT2D eigenvalue weighted by Crippen LogP contribution is -2.36. The van der Waals surface area contributed by atoms with Gasteiger partial charge in [0, 0.05) is 24.9 Å². The summed E-state index contributed by atoms with van der Waals surface area (Å²) in [5, 5.41) is 0. The second-order valence-corrected chi connectivity index (χ2v) is 5.54. The normalized spacial score (nSPS) is 17.9. The highest BCUT2D eigenvalue weighted by molar-refractivity contribution is 6.18. The molecular weight excluding hydrogens is 290 g/mol. The van der Waals surface area contributed by atoms with E-state index in [0.717, 1.165) is 24.9 Å². The third kappa shape index (κ3) is 3.82. The summed E-state index contributed by atoms with van der Waals surface area (Å²) in [7, 11) is 3.23. The monoisotopic (exact) mass is 311 g/mol. The van der Waals surface area contributed by atoms with Gasteiger partial charge in [0.15, 0.2) is 11.5 Å². The van der Waals surface area contributed by atoms with Crippen molar-refractivity contribution in [2.24, 2.45) is 0 Å². The number of likely N-dealkylation sites (tertiary alicyclic amines) is 1. The third-order valence-corrected chi connectivity index (χ3v) is 4.31. The molecule has 21 heavy (non-hydrogen) atoms. The second kappa shape index (κ2) is 7.55. The quantitative estimate of drug-likeness (QED) is 0.758. The van der Waals surface area contributed by atoms with E-state index in [1.165, 1.54) is 0 Å². The maximum Gasteiger partial charge on any atom is 0.223 e. The fourth-order valence-electron chi connectivity index (χ4n) is 2.76. The summed E-state index contributed by atoms with van der Waals surface area (Å²) >= 11 is 5.91. The summed E-state index contributed by atoms with van der Waals surface area (Å²) in [6, 6.07) is 5.98. The Hall–Kier alpha value is -1.42. The van der Waals surface area contributed by atoms with E-state index in [9.17, 15) is 4.79 Å². The highest BCUT2D eigenvalue weighted by atomic mass is 35.5. The fourth-order valence-corrected chi connectivity index (χ4v) is 3.08. The number of amides is 1. The summed E-state index contributed by atoms with van der Waals surface area (Å²) < 4.78 is 10.5. The molecule has 1 heterocycles.